The average Bonchev–Trinajstić information content (AvgIpc) is 2.66. The number of hydrogen-bond donors (Lipinski definition) is 1. The van der Waals surface area contributed by atoms with Crippen molar-refractivity contribution >= 4 is 12.0 Å². The van der Waals surface area contributed by atoms with Crippen LogP contribution in [-0.4, -0.2) is 35.4 Å². The van der Waals surface area contributed by atoms with Crippen LogP contribution in [0.5, 0.6) is 11.5 Å². The van der Waals surface area contributed by atoms with E-state index in [1.807, 2.05) is 50.4 Å². The molecule has 0 aliphatic carbocycles. The molecular formula is C20H20N4O2. The molecule has 6 heteroatoms. The molecule has 0 bridgehead atoms. The molecule has 0 aliphatic heterocycles. The van der Waals surface area contributed by atoms with Crippen LogP contribution in [0.4, 0.5) is 5.82 Å². The van der Waals surface area contributed by atoms with Crippen LogP contribution >= 0.6 is 0 Å². The van der Waals surface area contributed by atoms with E-state index in [1.165, 1.54) is 0 Å². The van der Waals surface area contributed by atoms with Gasteiger partial charge in [-0.2, -0.15) is 5.10 Å². The Hall–Kier alpha value is -3.41. The summed E-state index contributed by atoms with van der Waals surface area (Å²) in [6.45, 7) is 1.88. The number of nitrogens with zero attached hydrogens (tertiary/aromatic N) is 4. The second kappa shape index (κ2) is 7.65. The highest BCUT2D eigenvalue weighted by Crippen LogP contribution is 2.27. The minimum atomic E-state index is 0.147. The van der Waals surface area contributed by atoms with Gasteiger partial charge < -0.3 is 9.84 Å². The molecule has 0 saturated heterocycles. The average molecular weight is 348 g/mol. The molecule has 0 saturated carbocycles. The lowest BCUT2D eigenvalue weighted by Gasteiger charge is -2.14. The van der Waals surface area contributed by atoms with E-state index in [0.717, 1.165) is 17.0 Å². The van der Waals surface area contributed by atoms with E-state index in [1.54, 1.807) is 36.5 Å². The Kier molecular flexibility index (Phi) is 5.12. The summed E-state index contributed by atoms with van der Waals surface area (Å²) in [5, 5.41) is 16.1. The summed E-state index contributed by atoms with van der Waals surface area (Å²) >= 11 is 0. The highest BCUT2D eigenvalue weighted by molar-refractivity contribution is 5.80. The lowest BCUT2D eigenvalue weighted by Crippen LogP contribution is -2.12. The second-order valence-corrected chi connectivity index (χ2v) is 5.75. The summed E-state index contributed by atoms with van der Waals surface area (Å²) in [7, 11) is 3.45. The number of aryl methyl sites for hydroxylation is 1. The zero-order valence-corrected chi connectivity index (χ0v) is 14.9. The standard InChI is InChI=1S/C20H20N4O2/c1-14-12-19(23-20(22-14)17-6-4-5-7-18(17)25)24(2)21-13-15-8-10-16(26-3)11-9-15/h4-13,25H,1-3H3/b21-13+. The largest absolute Gasteiger partial charge is 0.507 e. The van der Waals surface area contributed by atoms with E-state index in [-0.39, 0.29) is 5.75 Å². The number of ether oxygens (including phenoxy) is 1. The van der Waals surface area contributed by atoms with Gasteiger partial charge in [0.15, 0.2) is 11.6 Å². The molecule has 3 rings (SSSR count). The number of anilines is 1. The van der Waals surface area contributed by atoms with E-state index in [4.69, 9.17) is 4.74 Å². The first-order valence-corrected chi connectivity index (χ1v) is 8.12. The van der Waals surface area contributed by atoms with E-state index in [9.17, 15) is 5.11 Å². The third-order valence-corrected chi connectivity index (χ3v) is 3.81. The third-order valence-electron chi connectivity index (χ3n) is 3.81. The number of phenols is 1. The van der Waals surface area contributed by atoms with Crippen LogP contribution in [0.3, 0.4) is 0 Å². The summed E-state index contributed by atoms with van der Waals surface area (Å²) in [6.07, 6.45) is 1.75. The van der Waals surface area contributed by atoms with Gasteiger partial charge in [-0.25, -0.2) is 9.97 Å². The van der Waals surface area contributed by atoms with Crippen molar-refractivity contribution in [2.45, 2.75) is 6.92 Å². The summed E-state index contributed by atoms with van der Waals surface area (Å²) in [6, 6.07) is 16.5. The molecule has 1 aromatic heterocycles. The third kappa shape index (κ3) is 3.97. The Morgan fingerprint density at radius 1 is 1.08 bits per heavy atom. The van der Waals surface area contributed by atoms with Gasteiger partial charge in [0.1, 0.15) is 11.5 Å². The predicted octanol–water partition coefficient (Wildman–Crippen LogP) is 3.64. The van der Waals surface area contributed by atoms with Gasteiger partial charge in [0, 0.05) is 18.8 Å². The SMILES string of the molecule is COc1ccc(/C=N/N(C)c2cc(C)nc(-c3ccccc3O)n2)cc1. The van der Waals surface area contributed by atoms with Gasteiger partial charge >= 0.3 is 0 Å². The molecule has 0 atom stereocenters. The maximum absolute atomic E-state index is 10.0. The zero-order chi connectivity index (χ0) is 18.5. The molecule has 132 valence electrons. The molecule has 0 fully saturated rings. The van der Waals surface area contributed by atoms with Crippen LogP contribution in [0.2, 0.25) is 0 Å². The molecule has 3 aromatic rings. The number of aromatic nitrogens is 2. The van der Waals surface area contributed by atoms with Crippen LogP contribution in [0.1, 0.15) is 11.3 Å². The van der Waals surface area contributed by atoms with Gasteiger partial charge in [-0.05, 0) is 48.9 Å². The van der Waals surface area contributed by atoms with Crippen molar-refractivity contribution in [3.05, 3.63) is 65.9 Å². The number of hydrazone groups is 1. The Labute approximate surface area is 152 Å². The molecule has 0 radical (unpaired) electrons. The van der Waals surface area contributed by atoms with E-state index in [0.29, 0.717) is 17.2 Å². The van der Waals surface area contributed by atoms with Gasteiger partial charge in [0.2, 0.25) is 0 Å². The molecule has 0 aliphatic rings. The highest BCUT2D eigenvalue weighted by Gasteiger charge is 2.10. The van der Waals surface area contributed by atoms with Crippen LogP contribution in [0, 0.1) is 6.92 Å². The maximum Gasteiger partial charge on any atom is 0.165 e. The Morgan fingerprint density at radius 3 is 2.50 bits per heavy atom. The lowest BCUT2D eigenvalue weighted by molar-refractivity contribution is 0.415. The molecule has 2 aromatic carbocycles. The van der Waals surface area contributed by atoms with E-state index < -0.39 is 0 Å². The maximum atomic E-state index is 10.0. The molecule has 0 unspecified atom stereocenters. The van der Waals surface area contributed by atoms with Gasteiger partial charge in [0.05, 0.1) is 18.9 Å². The van der Waals surface area contributed by atoms with Crippen molar-refractivity contribution < 1.29 is 9.84 Å². The number of methoxy groups -OCH3 is 1. The summed E-state index contributed by atoms with van der Waals surface area (Å²) in [4.78, 5) is 8.95. The first-order valence-electron chi connectivity index (χ1n) is 8.12. The summed E-state index contributed by atoms with van der Waals surface area (Å²) in [5.74, 6) is 2.05. The second-order valence-electron chi connectivity index (χ2n) is 5.75. The quantitative estimate of drug-likeness (QED) is 0.563. The summed E-state index contributed by atoms with van der Waals surface area (Å²) in [5.41, 5.74) is 2.33. The van der Waals surface area contributed by atoms with E-state index in [2.05, 4.69) is 15.1 Å². The van der Waals surface area contributed by atoms with Crippen LogP contribution < -0.4 is 9.75 Å². The van der Waals surface area contributed by atoms with Crippen molar-refractivity contribution in [3.63, 3.8) is 0 Å². The fraction of sp³-hybridized carbons (Fsp3) is 0.150. The molecule has 1 heterocycles. The smallest absolute Gasteiger partial charge is 0.165 e. The zero-order valence-electron chi connectivity index (χ0n) is 14.9. The topological polar surface area (TPSA) is 70.8 Å². The molecule has 26 heavy (non-hydrogen) atoms. The molecule has 0 spiro atoms. The number of rotatable bonds is 5. The van der Waals surface area contributed by atoms with Gasteiger partial charge in [-0.15, -0.1) is 0 Å². The Bertz CT molecular complexity index is 923. The number of aromatic hydroxyl groups is 1. The fourth-order valence-electron chi connectivity index (χ4n) is 2.40. The van der Waals surface area contributed by atoms with Crippen LogP contribution in [-0.2, 0) is 0 Å². The number of benzene rings is 2. The lowest BCUT2D eigenvalue weighted by atomic mass is 10.2. The number of hydrogen-bond acceptors (Lipinski definition) is 6. The molecule has 1 N–H and O–H groups in total. The van der Waals surface area contributed by atoms with Crippen molar-refractivity contribution in [2.75, 3.05) is 19.2 Å². The van der Waals surface area contributed by atoms with Crippen molar-refractivity contribution in [3.8, 4) is 22.9 Å². The van der Waals surface area contributed by atoms with Crippen molar-refractivity contribution in [1.82, 2.24) is 9.97 Å². The van der Waals surface area contributed by atoms with E-state index >= 15 is 0 Å². The highest BCUT2D eigenvalue weighted by atomic mass is 16.5. The van der Waals surface area contributed by atoms with Gasteiger partial charge in [-0.3, -0.25) is 5.01 Å². The number of para-hydroxylation sites is 1. The molecule has 0 amide bonds. The summed E-state index contributed by atoms with van der Waals surface area (Å²) < 4.78 is 5.15. The number of phenolic OH excluding ortho intramolecular Hbond substituents is 1. The first-order chi connectivity index (χ1) is 12.6. The molecule has 6 nitrogen and oxygen atoms in total. The minimum absolute atomic E-state index is 0.147. The Morgan fingerprint density at radius 2 is 1.81 bits per heavy atom. The van der Waals surface area contributed by atoms with Gasteiger partial charge in [0.25, 0.3) is 0 Å². The van der Waals surface area contributed by atoms with Crippen LogP contribution in [0.25, 0.3) is 11.4 Å². The van der Waals surface area contributed by atoms with Crippen molar-refractivity contribution in [2.24, 2.45) is 5.10 Å². The fourth-order valence-corrected chi connectivity index (χ4v) is 2.40. The minimum Gasteiger partial charge on any atom is -0.507 e. The van der Waals surface area contributed by atoms with Crippen LogP contribution in [0.15, 0.2) is 59.7 Å². The van der Waals surface area contributed by atoms with Gasteiger partial charge in [-0.1, -0.05) is 12.1 Å². The normalized spacial score (nSPS) is 10.9. The monoisotopic (exact) mass is 348 g/mol. The Balaban J connectivity index is 1.86. The first kappa shape index (κ1) is 17.4. The predicted molar refractivity (Wildman–Crippen MR) is 103 cm³/mol. The molecular weight excluding hydrogens is 328 g/mol. The van der Waals surface area contributed by atoms with Crippen molar-refractivity contribution in [1.29, 1.82) is 0 Å².